The van der Waals surface area contributed by atoms with Crippen molar-refractivity contribution in [3.63, 3.8) is 0 Å². The van der Waals surface area contributed by atoms with Gasteiger partial charge in [-0.25, -0.2) is 8.78 Å². The predicted molar refractivity (Wildman–Crippen MR) is 123 cm³/mol. The van der Waals surface area contributed by atoms with E-state index >= 15 is 0 Å². The van der Waals surface area contributed by atoms with Gasteiger partial charge >= 0.3 is 11.9 Å². The minimum absolute atomic E-state index is 0.0184. The van der Waals surface area contributed by atoms with Crippen LogP contribution >= 0.6 is 0 Å². The van der Waals surface area contributed by atoms with Crippen molar-refractivity contribution in [2.75, 3.05) is 5.01 Å². The smallest absolute Gasteiger partial charge is 0.308 e. The van der Waals surface area contributed by atoms with Gasteiger partial charge in [0.2, 0.25) is 0 Å². The molecule has 0 saturated heterocycles. The second-order valence-electron chi connectivity index (χ2n) is 7.03. The highest BCUT2D eigenvalue weighted by Crippen LogP contribution is 2.29. The van der Waals surface area contributed by atoms with E-state index in [4.69, 9.17) is 9.47 Å². The van der Waals surface area contributed by atoms with Crippen LogP contribution < -0.4 is 14.5 Å². The Hall–Kier alpha value is -4.73. The monoisotopic (exact) mass is 479 g/mol. The van der Waals surface area contributed by atoms with Gasteiger partial charge in [-0.2, -0.15) is 5.01 Å². The molecule has 0 atom stereocenters. The highest BCUT2D eigenvalue weighted by Gasteiger charge is 2.15. The third-order valence-electron chi connectivity index (χ3n) is 4.21. The number of ether oxygens (including phenoxy) is 2. The summed E-state index contributed by atoms with van der Waals surface area (Å²) in [5.74, 6) is -3.06. The second-order valence-corrected chi connectivity index (χ2v) is 7.03. The largest absolute Gasteiger partial charge is 0.423 e. The van der Waals surface area contributed by atoms with E-state index in [1.165, 1.54) is 74.5 Å². The Balaban J connectivity index is 1.90. The second kappa shape index (κ2) is 11.4. The van der Waals surface area contributed by atoms with Crippen LogP contribution in [0.5, 0.6) is 11.5 Å². The molecule has 3 aromatic rings. The molecule has 3 aromatic carbocycles. The zero-order chi connectivity index (χ0) is 25.4. The average molecular weight is 479 g/mol. The molecule has 10 heteroatoms. The van der Waals surface area contributed by atoms with E-state index < -0.39 is 29.5 Å². The van der Waals surface area contributed by atoms with Gasteiger partial charge in [-0.1, -0.05) is 23.4 Å². The summed E-state index contributed by atoms with van der Waals surface area (Å²) in [6.07, 6.45) is 2.52. The predicted octanol–water partition coefficient (Wildman–Crippen LogP) is 5.56. The molecule has 0 spiro atoms. The molecule has 0 aliphatic rings. The van der Waals surface area contributed by atoms with Crippen LogP contribution in [0.1, 0.15) is 19.4 Å². The number of anilines is 1. The number of hydrogen-bond acceptors (Lipinski definition) is 7. The van der Waals surface area contributed by atoms with Gasteiger partial charge in [0.1, 0.15) is 11.6 Å². The summed E-state index contributed by atoms with van der Waals surface area (Å²) < 4.78 is 37.3. The minimum Gasteiger partial charge on any atom is -0.423 e. The normalized spacial score (nSPS) is 11.0. The molecule has 0 bridgehead atoms. The summed E-state index contributed by atoms with van der Waals surface area (Å²) in [6.45, 7) is 2.38. The highest BCUT2D eigenvalue weighted by atomic mass is 19.1. The van der Waals surface area contributed by atoms with Crippen LogP contribution in [0.4, 0.5) is 20.2 Å². The average Bonchev–Trinajstić information content (AvgIpc) is 2.79. The SMILES string of the molecule is CC(=O)Oc1ccc(/C=C/C(=O)N(N=Nc2cccc(F)c2)c2cccc(F)c2)cc1OC(C)=O. The first-order chi connectivity index (χ1) is 16.7. The fraction of sp³-hybridized carbons (Fsp3) is 0.0800. The van der Waals surface area contributed by atoms with E-state index in [-0.39, 0.29) is 22.9 Å². The molecule has 35 heavy (non-hydrogen) atoms. The van der Waals surface area contributed by atoms with Crippen molar-refractivity contribution in [2.24, 2.45) is 10.3 Å². The van der Waals surface area contributed by atoms with Crippen LogP contribution in [0.2, 0.25) is 0 Å². The van der Waals surface area contributed by atoms with Crippen molar-refractivity contribution in [1.82, 2.24) is 0 Å². The Morgan fingerprint density at radius 3 is 2.14 bits per heavy atom. The third kappa shape index (κ3) is 7.39. The Morgan fingerprint density at radius 2 is 1.49 bits per heavy atom. The molecule has 8 nitrogen and oxygen atoms in total. The fourth-order valence-corrected chi connectivity index (χ4v) is 2.81. The molecule has 178 valence electrons. The number of carbonyl (C=O) groups is 3. The van der Waals surface area contributed by atoms with E-state index in [0.717, 1.165) is 23.2 Å². The summed E-state index contributed by atoms with van der Waals surface area (Å²) >= 11 is 0. The van der Waals surface area contributed by atoms with Crippen molar-refractivity contribution >= 4 is 35.3 Å². The van der Waals surface area contributed by atoms with Gasteiger partial charge in [0.25, 0.3) is 5.91 Å². The molecule has 1 amide bonds. The molecule has 0 heterocycles. The van der Waals surface area contributed by atoms with Crippen LogP contribution in [0, 0.1) is 11.6 Å². The lowest BCUT2D eigenvalue weighted by Crippen LogP contribution is -2.22. The Bertz CT molecular complexity index is 1320. The van der Waals surface area contributed by atoms with Gasteiger partial charge in [-0.05, 0) is 54.1 Å². The number of carbonyl (C=O) groups excluding carboxylic acids is 3. The zero-order valence-electron chi connectivity index (χ0n) is 18.6. The molecular weight excluding hydrogens is 460 g/mol. The van der Waals surface area contributed by atoms with Crippen LogP contribution in [-0.2, 0) is 14.4 Å². The van der Waals surface area contributed by atoms with E-state index in [2.05, 4.69) is 10.3 Å². The van der Waals surface area contributed by atoms with Crippen molar-refractivity contribution in [2.45, 2.75) is 13.8 Å². The number of hydrogen-bond donors (Lipinski definition) is 0. The van der Waals surface area contributed by atoms with Gasteiger partial charge < -0.3 is 9.47 Å². The maximum absolute atomic E-state index is 13.8. The lowest BCUT2D eigenvalue weighted by molar-refractivity contribution is -0.134. The number of benzene rings is 3. The molecule has 0 radical (unpaired) electrons. The van der Waals surface area contributed by atoms with E-state index in [1.54, 1.807) is 0 Å². The molecule has 0 fully saturated rings. The minimum atomic E-state index is -0.700. The molecule has 0 aliphatic carbocycles. The topological polar surface area (TPSA) is 97.6 Å². The van der Waals surface area contributed by atoms with Gasteiger partial charge in [-0.3, -0.25) is 14.4 Å². The number of esters is 2. The molecule has 0 unspecified atom stereocenters. The molecule has 0 N–H and O–H groups in total. The molecule has 0 aromatic heterocycles. The van der Waals surface area contributed by atoms with Gasteiger partial charge in [0.05, 0.1) is 11.4 Å². The number of amides is 1. The van der Waals surface area contributed by atoms with Crippen LogP contribution in [0.3, 0.4) is 0 Å². The highest BCUT2D eigenvalue weighted by molar-refractivity contribution is 6.03. The Labute approximate surface area is 199 Å². The van der Waals surface area contributed by atoms with Crippen molar-refractivity contribution in [3.05, 3.63) is 90.0 Å². The van der Waals surface area contributed by atoms with Crippen LogP contribution in [0.15, 0.2) is 83.1 Å². The van der Waals surface area contributed by atoms with Gasteiger partial charge in [0, 0.05) is 26.0 Å². The third-order valence-corrected chi connectivity index (χ3v) is 4.21. The summed E-state index contributed by atoms with van der Waals surface area (Å²) in [6, 6.07) is 14.7. The fourth-order valence-electron chi connectivity index (χ4n) is 2.81. The summed E-state index contributed by atoms with van der Waals surface area (Å²) in [4.78, 5) is 35.6. The first kappa shape index (κ1) is 24.9. The van der Waals surface area contributed by atoms with Crippen molar-refractivity contribution in [1.29, 1.82) is 0 Å². The van der Waals surface area contributed by atoms with Crippen LogP contribution in [0.25, 0.3) is 6.08 Å². The quantitative estimate of drug-likeness (QED) is 0.145. The van der Waals surface area contributed by atoms with E-state index in [1.807, 2.05) is 0 Å². The first-order valence-corrected chi connectivity index (χ1v) is 10.2. The van der Waals surface area contributed by atoms with Gasteiger partial charge in [-0.15, -0.1) is 5.11 Å². The van der Waals surface area contributed by atoms with E-state index in [9.17, 15) is 23.2 Å². The Kier molecular flexibility index (Phi) is 8.12. The first-order valence-electron chi connectivity index (χ1n) is 10.2. The van der Waals surface area contributed by atoms with Crippen molar-refractivity contribution < 1.29 is 32.6 Å². The number of halogens is 2. The summed E-state index contributed by atoms with van der Waals surface area (Å²) in [7, 11) is 0. The maximum atomic E-state index is 13.8. The van der Waals surface area contributed by atoms with Crippen molar-refractivity contribution in [3.8, 4) is 11.5 Å². The standard InChI is InChI=1S/C25H19F2N3O5/c1-16(31)34-23-11-9-18(13-24(23)35-17(2)32)10-12-25(33)30(22-8-4-6-20(27)15-22)29-28-21-7-3-5-19(26)14-21/h3-15H,1-2H3/b12-10+,29-28?. The van der Waals surface area contributed by atoms with Gasteiger partial charge in [0.15, 0.2) is 11.5 Å². The summed E-state index contributed by atoms with van der Waals surface area (Å²) in [5, 5.41) is 8.56. The molecule has 0 aliphatic heterocycles. The zero-order valence-corrected chi connectivity index (χ0v) is 18.6. The molecule has 3 rings (SSSR count). The van der Waals surface area contributed by atoms with E-state index in [0.29, 0.717) is 5.56 Å². The number of nitrogens with zero attached hydrogens (tertiary/aromatic N) is 3. The maximum Gasteiger partial charge on any atom is 0.308 e. The lowest BCUT2D eigenvalue weighted by atomic mass is 10.2. The Morgan fingerprint density at radius 1 is 0.829 bits per heavy atom. The molecule has 0 saturated carbocycles. The number of rotatable bonds is 7. The summed E-state index contributed by atoms with van der Waals surface area (Å²) in [5.41, 5.74) is 0.660. The lowest BCUT2D eigenvalue weighted by Gasteiger charge is -2.14. The van der Waals surface area contributed by atoms with Crippen LogP contribution in [-0.4, -0.2) is 17.8 Å². The molecular formula is C25H19F2N3O5.